The molecule has 1 amide bonds. The molecule has 3 aromatic rings. The molecule has 1 fully saturated rings. The Hall–Kier alpha value is -3.02. The van der Waals surface area contributed by atoms with Crippen LogP contribution in [0, 0.1) is 6.92 Å². The van der Waals surface area contributed by atoms with Gasteiger partial charge in [-0.1, -0.05) is 0 Å². The van der Waals surface area contributed by atoms with E-state index >= 15 is 0 Å². The Balaban J connectivity index is 1.52. The Kier molecular flexibility index (Phi) is 4.24. The van der Waals surface area contributed by atoms with Gasteiger partial charge in [0.25, 0.3) is 5.91 Å². The molecule has 6 heteroatoms. The number of carbonyl (C=O) groups excluding carboxylic acids is 1. The molecular weight excluding hydrogens is 330 g/mol. The fourth-order valence-corrected chi connectivity index (χ4v) is 3.39. The van der Waals surface area contributed by atoms with Crippen molar-refractivity contribution in [3.63, 3.8) is 0 Å². The predicted octanol–water partition coefficient (Wildman–Crippen LogP) is 3.11. The molecule has 1 aliphatic rings. The van der Waals surface area contributed by atoms with Crippen molar-refractivity contribution in [2.75, 3.05) is 38.2 Å². The number of methoxy groups -OCH3 is 1. The predicted molar refractivity (Wildman–Crippen MR) is 99.9 cm³/mol. The Morgan fingerprint density at radius 3 is 2.69 bits per heavy atom. The van der Waals surface area contributed by atoms with Gasteiger partial charge in [-0.15, -0.1) is 0 Å². The highest BCUT2D eigenvalue weighted by molar-refractivity contribution is 5.99. The highest BCUT2D eigenvalue weighted by Crippen LogP contribution is 2.29. The number of aryl methyl sites for hydroxylation is 1. The third kappa shape index (κ3) is 2.87. The molecule has 3 heterocycles. The summed E-state index contributed by atoms with van der Waals surface area (Å²) in [5.41, 5.74) is 2.65. The summed E-state index contributed by atoms with van der Waals surface area (Å²) < 4.78 is 11.1. The zero-order chi connectivity index (χ0) is 18.1. The second-order valence-electron chi connectivity index (χ2n) is 6.41. The summed E-state index contributed by atoms with van der Waals surface area (Å²) >= 11 is 0. The summed E-state index contributed by atoms with van der Waals surface area (Å²) in [6.45, 7) is 4.81. The van der Waals surface area contributed by atoms with E-state index in [1.165, 1.54) is 0 Å². The van der Waals surface area contributed by atoms with Gasteiger partial charge in [-0.25, -0.2) is 0 Å². The van der Waals surface area contributed by atoms with E-state index in [1.807, 2.05) is 48.4 Å². The van der Waals surface area contributed by atoms with E-state index in [1.54, 1.807) is 13.3 Å². The van der Waals surface area contributed by atoms with Crippen LogP contribution in [0.1, 0.15) is 16.1 Å². The molecule has 134 valence electrons. The Labute approximate surface area is 152 Å². The van der Waals surface area contributed by atoms with Crippen molar-refractivity contribution in [3.8, 4) is 5.75 Å². The maximum atomic E-state index is 13.0. The largest absolute Gasteiger partial charge is 0.497 e. The number of pyridine rings is 1. The quantitative estimate of drug-likeness (QED) is 0.726. The van der Waals surface area contributed by atoms with Crippen LogP contribution in [0.15, 0.2) is 47.1 Å². The van der Waals surface area contributed by atoms with Gasteiger partial charge in [0, 0.05) is 49.4 Å². The Morgan fingerprint density at radius 2 is 2.00 bits per heavy atom. The highest BCUT2D eigenvalue weighted by atomic mass is 16.5. The van der Waals surface area contributed by atoms with E-state index < -0.39 is 0 Å². The van der Waals surface area contributed by atoms with E-state index in [9.17, 15) is 4.79 Å². The van der Waals surface area contributed by atoms with Crippen molar-refractivity contribution in [2.24, 2.45) is 0 Å². The number of fused-ring (bicyclic) bond motifs is 1. The van der Waals surface area contributed by atoms with Crippen molar-refractivity contribution < 1.29 is 13.9 Å². The van der Waals surface area contributed by atoms with Crippen molar-refractivity contribution in [3.05, 3.63) is 54.0 Å². The van der Waals surface area contributed by atoms with E-state index in [0.29, 0.717) is 24.4 Å². The third-order valence-corrected chi connectivity index (χ3v) is 4.92. The minimum Gasteiger partial charge on any atom is -0.497 e. The number of piperazine rings is 1. The van der Waals surface area contributed by atoms with Crippen LogP contribution in [0.5, 0.6) is 5.75 Å². The minimum atomic E-state index is -0.0523. The number of hydrogen-bond donors (Lipinski definition) is 0. The number of amides is 1. The van der Waals surface area contributed by atoms with E-state index in [4.69, 9.17) is 9.15 Å². The number of hydrogen-bond acceptors (Lipinski definition) is 5. The highest BCUT2D eigenvalue weighted by Gasteiger charge is 2.27. The lowest BCUT2D eigenvalue weighted by molar-refractivity contribution is 0.0716. The molecule has 1 aliphatic heterocycles. The number of nitrogens with zero attached hydrogens (tertiary/aromatic N) is 3. The molecule has 2 aromatic heterocycles. The first kappa shape index (κ1) is 16.4. The first-order chi connectivity index (χ1) is 12.7. The molecule has 4 rings (SSSR count). The van der Waals surface area contributed by atoms with Crippen LogP contribution >= 0.6 is 0 Å². The molecule has 1 saturated heterocycles. The maximum absolute atomic E-state index is 13.0. The Morgan fingerprint density at radius 1 is 1.19 bits per heavy atom. The summed E-state index contributed by atoms with van der Waals surface area (Å²) in [5, 5.41) is 0.947. The van der Waals surface area contributed by atoms with Crippen molar-refractivity contribution in [2.45, 2.75) is 6.92 Å². The van der Waals surface area contributed by atoms with Crippen LogP contribution in [0.25, 0.3) is 11.0 Å². The van der Waals surface area contributed by atoms with Crippen LogP contribution in [-0.2, 0) is 0 Å². The zero-order valence-corrected chi connectivity index (χ0v) is 14.9. The number of aromatic nitrogens is 1. The smallest absolute Gasteiger partial charge is 0.290 e. The lowest BCUT2D eigenvalue weighted by atomic mass is 10.1. The standard InChI is InChI=1S/C20H21N3O3/c1-14-17-6-5-16(25-2)12-18(17)26-19(14)20(24)23-10-8-22(9-11-23)15-4-3-7-21-13-15/h3-7,12-13H,8-11H2,1-2H3. The number of carbonyl (C=O) groups is 1. The first-order valence-electron chi connectivity index (χ1n) is 8.69. The van der Waals surface area contributed by atoms with Gasteiger partial charge in [0.1, 0.15) is 11.3 Å². The molecule has 1 aromatic carbocycles. The van der Waals surface area contributed by atoms with E-state index in [2.05, 4.69) is 9.88 Å². The van der Waals surface area contributed by atoms with Crippen LogP contribution in [0.2, 0.25) is 0 Å². The molecule has 0 atom stereocenters. The molecule has 0 saturated carbocycles. The zero-order valence-electron chi connectivity index (χ0n) is 14.9. The first-order valence-corrected chi connectivity index (χ1v) is 8.69. The average molecular weight is 351 g/mol. The molecule has 0 bridgehead atoms. The lowest BCUT2D eigenvalue weighted by Crippen LogP contribution is -2.48. The van der Waals surface area contributed by atoms with Gasteiger partial charge in [-0.3, -0.25) is 9.78 Å². The van der Waals surface area contributed by atoms with E-state index in [-0.39, 0.29) is 5.91 Å². The van der Waals surface area contributed by atoms with E-state index in [0.717, 1.165) is 35.5 Å². The fourth-order valence-electron chi connectivity index (χ4n) is 3.39. The number of anilines is 1. The normalized spacial score (nSPS) is 14.7. The monoisotopic (exact) mass is 351 g/mol. The molecule has 0 radical (unpaired) electrons. The fraction of sp³-hybridized carbons (Fsp3) is 0.300. The number of ether oxygens (including phenoxy) is 1. The molecule has 0 spiro atoms. The van der Waals surface area contributed by atoms with Gasteiger partial charge < -0.3 is 19.0 Å². The van der Waals surface area contributed by atoms with Gasteiger partial charge >= 0.3 is 0 Å². The molecular formula is C20H21N3O3. The number of benzene rings is 1. The Bertz CT molecular complexity index is 928. The van der Waals surface area contributed by atoms with Gasteiger partial charge in [0.15, 0.2) is 5.76 Å². The van der Waals surface area contributed by atoms with Crippen LogP contribution in [0.4, 0.5) is 5.69 Å². The molecule has 0 aliphatic carbocycles. The number of furan rings is 1. The number of rotatable bonds is 3. The van der Waals surface area contributed by atoms with Crippen molar-refractivity contribution >= 4 is 22.6 Å². The lowest BCUT2D eigenvalue weighted by Gasteiger charge is -2.35. The summed E-state index contributed by atoms with van der Waals surface area (Å²) in [5.74, 6) is 1.09. The minimum absolute atomic E-state index is 0.0523. The van der Waals surface area contributed by atoms with Crippen molar-refractivity contribution in [1.82, 2.24) is 9.88 Å². The maximum Gasteiger partial charge on any atom is 0.290 e. The molecule has 0 N–H and O–H groups in total. The summed E-state index contributed by atoms with van der Waals surface area (Å²) in [6, 6.07) is 9.61. The van der Waals surface area contributed by atoms with Crippen LogP contribution in [0.3, 0.4) is 0 Å². The molecule has 0 unspecified atom stereocenters. The SMILES string of the molecule is COc1ccc2c(C)c(C(=O)N3CCN(c4cccnc4)CC3)oc2c1. The topological polar surface area (TPSA) is 58.8 Å². The molecule has 26 heavy (non-hydrogen) atoms. The van der Waals surface area contributed by atoms with Gasteiger partial charge in [-0.05, 0) is 31.2 Å². The van der Waals surface area contributed by atoms with Gasteiger partial charge in [-0.2, -0.15) is 0 Å². The summed E-state index contributed by atoms with van der Waals surface area (Å²) in [4.78, 5) is 21.2. The van der Waals surface area contributed by atoms with Crippen LogP contribution < -0.4 is 9.64 Å². The van der Waals surface area contributed by atoms with Gasteiger partial charge in [0.05, 0.1) is 19.0 Å². The third-order valence-electron chi connectivity index (χ3n) is 4.92. The summed E-state index contributed by atoms with van der Waals surface area (Å²) in [6.07, 6.45) is 3.62. The average Bonchev–Trinajstić information content (AvgIpc) is 3.04. The second kappa shape index (κ2) is 6.71. The van der Waals surface area contributed by atoms with Gasteiger partial charge in [0.2, 0.25) is 0 Å². The van der Waals surface area contributed by atoms with Crippen molar-refractivity contribution in [1.29, 1.82) is 0 Å². The second-order valence-corrected chi connectivity index (χ2v) is 6.41. The summed E-state index contributed by atoms with van der Waals surface area (Å²) in [7, 11) is 1.62. The molecule has 6 nitrogen and oxygen atoms in total. The van der Waals surface area contributed by atoms with Crippen LogP contribution in [-0.4, -0.2) is 49.1 Å².